The summed E-state index contributed by atoms with van der Waals surface area (Å²) in [5.41, 5.74) is 1.86. The van der Waals surface area contributed by atoms with Crippen molar-refractivity contribution in [1.82, 2.24) is 0 Å². The second-order valence-corrected chi connectivity index (χ2v) is 23.1. The van der Waals surface area contributed by atoms with Crippen LogP contribution in [0.4, 0.5) is 0 Å². The van der Waals surface area contributed by atoms with Crippen molar-refractivity contribution in [2.45, 2.75) is 106 Å². The van der Waals surface area contributed by atoms with Gasteiger partial charge in [-0.2, -0.15) is 0 Å². The Kier molecular flexibility index (Phi) is 17.4. The lowest BCUT2D eigenvalue weighted by atomic mass is 9.96. The molecule has 0 radical (unpaired) electrons. The van der Waals surface area contributed by atoms with Gasteiger partial charge in [0.05, 0.1) is 46.8 Å². The number of carbonyl (C=O) groups is 2. The molecule has 57 heavy (non-hydrogen) atoms. The minimum atomic E-state index is -2.16. The predicted octanol–water partition coefficient (Wildman–Crippen LogP) is 8.57. The van der Waals surface area contributed by atoms with Gasteiger partial charge in [0.25, 0.3) is 0 Å². The van der Waals surface area contributed by atoms with Crippen molar-refractivity contribution in [2.75, 3.05) is 34.0 Å². The van der Waals surface area contributed by atoms with Crippen LogP contribution in [0.2, 0.25) is 18.1 Å². The van der Waals surface area contributed by atoms with E-state index < -0.39 is 73.0 Å². The second kappa shape index (κ2) is 21.0. The van der Waals surface area contributed by atoms with E-state index in [2.05, 4.69) is 33.9 Å². The van der Waals surface area contributed by atoms with Gasteiger partial charge in [-0.05, 0) is 67.4 Å². The fourth-order valence-corrected chi connectivity index (χ4v) is 7.53. The highest BCUT2D eigenvalue weighted by molar-refractivity contribution is 6.74. The van der Waals surface area contributed by atoms with Crippen LogP contribution in [-0.4, -0.2) is 94.7 Å². The van der Waals surface area contributed by atoms with Crippen molar-refractivity contribution < 1.29 is 51.9 Å². The fourth-order valence-electron chi connectivity index (χ4n) is 5.95. The van der Waals surface area contributed by atoms with Crippen molar-refractivity contribution in [3.63, 3.8) is 0 Å². The van der Waals surface area contributed by atoms with E-state index in [0.717, 1.165) is 22.6 Å². The van der Waals surface area contributed by atoms with E-state index in [0.29, 0.717) is 6.61 Å². The molecule has 2 aliphatic rings. The van der Waals surface area contributed by atoms with E-state index in [1.165, 1.54) is 0 Å². The molecule has 0 spiro atoms. The van der Waals surface area contributed by atoms with Crippen molar-refractivity contribution >= 4 is 55.1 Å². The van der Waals surface area contributed by atoms with Crippen LogP contribution in [0.25, 0.3) is 0 Å². The number of benzene rings is 2. The molecule has 11 nitrogen and oxygen atoms in total. The first-order valence-corrected chi connectivity index (χ1v) is 23.0. The zero-order chi connectivity index (χ0) is 42.0. The average Bonchev–Trinajstić information content (AvgIpc) is 3.16. The molecule has 0 saturated heterocycles. The summed E-state index contributed by atoms with van der Waals surface area (Å²) >= 11 is 17.6. The van der Waals surface area contributed by atoms with Gasteiger partial charge in [-0.1, -0.05) is 104 Å². The largest absolute Gasteiger partial charge is 0.497 e. The van der Waals surface area contributed by atoms with Crippen molar-refractivity contribution in [2.24, 2.45) is 11.8 Å². The Morgan fingerprint density at radius 1 is 0.702 bits per heavy atom. The summed E-state index contributed by atoms with van der Waals surface area (Å²) in [4.78, 5) is 27.4. The Bertz CT molecular complexity index is 1640. The number of halogens is 3. The molecule has 0 N–H and O–H groups in total. The lowest BCUT2D eigenvalue weighted by Gasteiger charge is -2.41. The van der Waals surface area contributed by atoms with Gasteiger partial charge >= 0.3 is 11.9 Å². The molecule has 316 valence electrons. The lowest BCUT2D eigenvalue weighted by molar-refractivity contribution is -0.186. The maximum absolute atomic E-state index is 14.1. The summed E-state index contributed by atoms with van der Waals surface area (Å²) in [6.07, 6.45) is 2.75. The van der Waals surface area contributed by atoms with E-state index in [-0.39, 0.29) is 31.0 Å². The van der Waals surface area contributed by atoms with Gasteiger partial charge in [-0.15, -0.1) is 0 Å². The van der Waals surface area contributed by atoms with Crippen LogP contribution in [0.15, 0.2) is 72.8 Å². The fraction of sp³-hybridized carbons (Fsp3) is 0.571. The molecule has 2 aliphatic heterocycles. The van der Waals surface area contributed by atoms with E-state index in [1.807, 2.05) is 67.6 Å². The molecular formula is C42H57Cl3O11Si. The first-order chi connectivity index (χ1) is 26.8. The molecule has 8 atom stereocenters. The van der Waals surface area contributed by atoms with Crippen LogP contribution >= 0.6 is 34.8 Å². The van der Waals surface area contributed by atoms with Gasteiger partial charge in [0, 0.05) is 11.8 Å². The number of rotatable bonds is 18. The van der Waals surface area contributed by atoms with Crippen LogP contribution in [0.1, 0.15) is 45.7 Å². The maximum Gasteiger partial charge on any atom is 0.336 e. The highest BCUT2D eigenvalue weighted by Gasteiger charge is 2.44. The zero-order valence-electron chi connectivity index (χ0n) is 34.2. The summed E-state index contributed by atoms with van der Waals surface area (Å²) in [7, 11) is 1.05. The number of ether oxygens (including phenoxy) is 8. The Hall–Kier alpha value is -2.65. The number of hydrogen-bond donors (Lipinski definition) is 0. The molecule has 4 rings (SSSR count). The van der Waals surface area contributed by atoms with Crippen LogP contribution in [0.5, 0.6) is 11.5 Å². The third-order valence-corrected chi connectivity index (χ3v) is 15.2. The van der Waals surface area contributed by atoms with E-state index >= 15 is 0 Å². The second-order valence-electron chi connectivity index (χ2n) is 15.8. The topological polar surface area (TPSA) is 117 Å². The number of alkyl halides is 3. The summed E-state index contributed by atoms with van der Waals surface area (Å²) in [5.74, 6) is -0.889. The number of carbonyl (C=O) groups excluding carboxylic acids is 2. The van der Waals surface area contributed by atoms with Crippen molar-refractivity contribution in [1.29, 1.82) is 0 Å². The van der Waals surface area contributed by atoms with E-state index in [1.54, 1.807) is 33.3 Å². The van der Waals surface area contributed by atoms with Gasteiger partial charge in [-0.25, -0.2) is 9.59 Å². The van der Waals surface area contributed by atoms with Crippen molar-refractivity contribution in [3.8, 4) is 11.5 Å². The highest BCUT2D eigenvalue weighted by atomic mass is 35.6. The molecule has 2 heterocycles. The predicted molar refractivity (Wildman–Crippen MR) is 222 cm³/mol. The monoisotopic (exact) mass is 870 g/mol. The molecule has 2 aromatic rings. The molecule has 0 fully saturated rings. The SMILES string of the molecule is COc1ccc(COC[C@@H]2C=C[C@H]([C@H](C)OC(=O)[C@H]3O[C@@H]([C@H](C)O[Si](C)(C)C(C)(C)C)C=C[C@H]3COCc3ccc(OC)cc3)O[C@@H]2C(=O)OCC(Cl)(Cl)Cl)cc1. The Labute approximate surface area is 353 Å². The molecule has 0 aromatic heterocycles. The van der Waals surface area contributed by atoms with Gasteiger partial charge in [0.15, 0.2) is 20.5 Å². The lowest BCUT2D eigenvalue weighted by Crippen LogP contribution is -2.50. The summed E-state index contributed by atoms with van der Waals surface area (Å²) < 4.78 is 51.5. The normalized spacial score (nSPS) is 23.7. The number of esters is 2. The van der Waals surface area contributed by atoms with Gasteiger partial charge in [0.2, 0.25) is 3.79 Å². The molecule has 15 heteroatoms. The maximum atomic E-state index is 14.1. The first kappa shape index (κ1) is 47.0. The first-order valence-electron chi connectivity index (χ1n) is 19.0. The van der Waals surface area contributed by atoms with Gasteiger partial charge in [-0.3, -0.25) is 0 Å². The number of hydrogen-bond acceptors (Lipinski definition) is 11. The van der Waals surface area contributed by atoms with E-state index in [4.69, 9.17) is 77.1 Å². The molecule has 0 amide bonds. The zero-order valence-corrected chi connectivity index (χ0v) is 37.5. The summed E-state index contributed by atoms with van der Waals surface area (Å²) in [6.45, 7) is 14.9. The number of methoxy groups -OCH3 is 2. The van der Waals surface area contributed by atoms with Gasteiger partial charge in [0.1, 0.15) is 36.4 Å². The molecule has 0 bridgehead atoms. The molecular weight excluding hydrogens is 815 g/mol. The molecule has 2 aromatic carbocycles. The summed E-state index contributed by atoms with van der Waals surface area (Å²) in [5, 5.41) is -0.0221. The average molecular weight is 872 g/mol. The van der Waals surface area contributed by atoms with Crippen LogP contribution < -0.4 is 9.47 Å². The minimum Gasteiger partial charge on any atom is -0.497 e. The molecule has 0 saturated carbocycles. The standard InChI is InChI=1S/C42H57Cl3O11Si/c1-27(35-20-14-31(37(54-35)39(46)52-26-42(43,44)45)24-50-22-29-10-16-33(48-6)17-11-29)53-40(47)38-32(25-51-23-30-12-18-34(49-7)19-13-30)15-21-36(55-38)28(2)56-57(8,9)41(3,4)5/h10-21,27-28,31-32,35-38H,22-26H2,1-9H3/t27-,28-,31-,32-,35+,36+,37-,38-/m0/s1. The highest BCUT2D eigenvalue weighted by Crippen LogP contribution is 2.38. The Morgan fingerprint density at radius 3 is 1.56 bits per heavy atom. The van der Waals surface area contributed by atoms with Crippen LogP contribution in [0.3, 0.4) is 0 Å². The van der Waals surface area contributed by atoms with Crippen LogP contribution in [-0.2, 0) is 55.7 Å². The minimum absolute atomic E-state index is 0.0221. The van der Waals surface area contributed by atoms with Gasteiger partial charge < -0.3 is 42.3 Å². The van der Waals surface area contributed by atoms with Crippen LogP contribution in [0, 0.1) is 11.8 Å². The quantitative estimate of drug-likeness (QED) is 0.0621. The third-order valence-electron chi connectivity index (χ3n) is 10.3. The van der Waals surface area contributed by atoms with Crippen molar-refractivity contribution in [3.05, 3.63) is 84.0 Å². The third kappa shape index (κ3) is 14.3. The van der Waals surface area contributed by atoms with E-state index in [9.17, 15) is 9.59 Å². The molecule has 0 aliphatic carbocycles. The molecule has 0 unspecified atom stereocenters. The Morgan fingerprint density at radius 2 is 1.14 bits per heavy atom. The Balaban J connectivity index is 1.47. The smallest absolute Gasteiger partial charge is 0.336 e. The summed E-state index contributed by atoms with van der Waals surface area (Å²) in [6, 6.07) is 15.0.